The standard InChI is InChI=1S/C19H20O5S/c20-15-16(21)19(25-13-9-5-2-6-10-13)23-14-11-22-18(24-17(14)15)12-7-3-1-4-8-12/h1-10,14-21H,11H2/t14?,15?,16?,17-,18?,19-/m1/s1. The topological polar surface area (TPSA) is 68.2 Å². The number of aliphatic hydroxyl groups excluding tert-OH is 2. The van der Waals surface area contributed by atoms with E-state index in [0.717, 1.165) is 10.5 Å². The van der Waals surface area contributed by atoms with Gasteiger partial charge in [-0.15, -0.1) is 0 Å². The molecule has 2 saturated heterocycles. The van der Waals surface area contributed by atoms with Crippen molar-refractivity contribution in [3.8, 4) is 0 Å². The van der Waals surface area contributed by atoms with E-state index in [9.17, 15) is 10.2 Å². The van der Waals surface area contributed by atoms with Crippen LogP contribution in [-0.2, 0) is 14.2 Å². The Morgan fingerprint density at radius 1 is 0.840 bits per heavy atom. The summed E-state index contributed by atoms with van der Waals surface area (Å²) in [6.07, 6.45) is -3.68. The number of fused-ring (bicyclic) bond motifs is 1. The van der Waals surface area contributed by atoms with Gasteiger partial charge in [-0.05, 0) is 12.1 Å². The molecule has 4 rings (SSSR count). The quantitative estimate of drug-likeness (QED) is 0.876. The highest BCUT2D eigenvalue weighted by Crippen LogP contribution is 2.38. The third-order valence-corrected chi connectivity index (χ3v) is 5.57. The van der Waals surface area contributed by atoms with Crippen molar-refractivity contribution in [3.05, 3.63) is 66.2 Å². The molecule has 2 aromatic rings. The second-order valence-electron chi connectivity index (χ2n) is 6.13. The van der Waals surface area contributed by atoms with Crippen molar-refractivity contribution in [2.24, 2.45) is 0 Å². The Hall–Kier alpha value is -1.41. The summed E-state index contributed by atoms with van der Waals surface area (Å²) in [5.41, 5.74) is 0.308. The van der Waals surface area contributed by atoms with Gasteiger partial charge in [-0.3, -0.25) is 0 Å². The number of hydrogen-bond donors (Lipinski definition) is 2. The fraction of sp³-hybridized carbons (Fsp3) is 0.368. The maximum atomic E-state index is 10.6. The molecule has 4 unspecified atom stereocenters. The number of rotatable bonds is 3. The zero-order valence-corrected chi connectivity index (χ0v) is 14.3. The molecule has 2 aliphatic rings. The van der Waals surface area contributed by atoms with E-state index in [1.165, 1.54) is 11.8 Å². The van der Waals surface area contributed by atoms with E-state index in [1.54, 1.807) is 0 Å². The van der Waals surface area contributed by atoms with Gasteiger partial charge in [0.1, 0.15) is 29.9 Å². The lowest BCUT2D eigenvalue weighted by molar-refractivity contribution is -0.318. The molecule has 0 spiro atoms. The smallest absolute Gasteiger partial charge is 0.184 e. The highest BCUT2D eigenvalue weighted by atomic mass is 32.2. The largest absolute Gasteiger partial charge is 0.387 e. The molecule has 0 saturated carbocycles. The molecule has 132 valence electrons. The molecule has 5 nitrogen and oxygen atoms in total. The second-order valence-corrected chi connectivity index (χ2v) is 7.30. The Balaban J connectivity index is 1.46. The molecule has 0 aromatic heterocycles. The summed E-state index contributed by atoms with van der Waals surface area (Å²) in [5, 5.41) is 21.0. The molecule has 0 aliphatic carbocycles. The normalized spacial score (nSPS) is 35.1. The van der Waals surface area contributed by atoms with Crippen LogP contribution in [0.2, 0.25) is 0 Å². The lowest BCUT2D eigenvalue weighted by Crippen LogP contribution is -2.60. The second kappa shape index (κ2) is 7.45. The van der Waals surface area contributed by atoms with Gasteiger partial charge in [-0.2, -0.15) is 0 Å². The molecule has 0 radical (unpaired) electrons. The van der Waals surface area contributed by atoms with Gasteiger partial charge in [0.05, 0.1) is 6.61 Å². The summed E-state index contributed by atoms with van der Waals surface area (Å²) < 4.78 is 17.6. The van der Waals surface area contributed by atoms with Gasteiger partial charge in [-0.25, -0.2) is 0 Å². The Morgan fingerprint density at radius 3 is 2.24 bits per heavy atom. The van der Waals surface area contributed by atoms with Crippen molar-refractivity contribution in [2.75, 3.05) is 6.61 Å². The van der Waals surface area contributed by atoms with Crippen LogP contribution >= 0.6 is 11.8 Å². The van der Waals surface area contributed by atoms with Gasteiger partial charge >= 0.3 is 0 Å². The van der Waals surface area contributed by atoms with Gasteiger partial charge in [-0.1, -0.05) is 60.3 Å². The summed E-state index contributed by atoms with van der Waals surface area (Å²) in [4.78, 5) is 0.969. The fourth-order valence-electron chi connectivity index (χ4n) is 3.09. The highest BCUT2D eigenvalue weighted by Gasteiger charge is 2.49. The molecular weight excluding hydrogens is 340 g/mol. The van der Waals surface area contributed by atoms with Crippen molar-refractivity contribution in [3.63, 3.8) is 0 Å². The molecule has 2 fully saturated rings. The number of hydrogen-bond acceptors (Lipinski definition) is 6. The maximum Gasteiger partial charge on any atom is 0.184 e. The van der Waals surface area contributed by atoms with Crippen molar-refractivity contribution in [1.82, 2.24) is 0 Å². The van der Waals surface area contributed by atoms with E-state index >= 15 is 0 Å². The molecular formula is C19H20O5S. The molecule has 0 amide bonds. The molecule has 2 heterocycles. The molecule has 2 aromatic carbocycles. The van der Waals surface area contributed by atoms with E-state index < -0.39 is 36.1 Å². The first-order valence-electron chi connectivity index (χ1n) is 8.28. The van der Waals surface area contributed by atoms with Gasteiger partial charge in [0.25, 0.3) is 0 Å². The molecule has 6 atom stereocenters. The first-order chi connectivity index (χ1) is 12.2. The van der Waals surface area contributed by atoms with E-state index in [1.807, 2.05) is 60.7 Å². The lowest BCUT2D eigenvalue weighted by Gasteiger charge is -2.46. The monoisotopic (exact) mass is 360 g/mol. The minimum Gasteiger partial charge on any atom is -0.387 e. The fourth-order valence-corrected chi connectivity index (χ4v) is 4.17. The summed E-state index contributed by atoms with van der Waals surface area (Å²) in [5.74, 6) is 0. The van der Waals surface area contributed by atoms with E-state index in [2.05, 4.69) is 0 Å². The number of thioether (sulfide) groups is 1. The van der Waals surface area contributed by atoms with Gasteiger partial charge < -0.3 is 24.4 Å². The number of aliphatic hydroxyl groups is 2. The zero-order chi connectivity index (χ0) is 17.2. The third kappa shape index (κ3) is 3.60. The van der Waals surface area contributed by atoms with Crippen LogP contribution in [0.1, 0.15) is 11.9 Å². The van der Waals surface area contributed by atoms with Gasteiger partial charge in [0.2, 0.25) is 0 Å². The number of benzene rings is 2. The predicted octanol–water partition coefficient (Wildman–Crippen LogP) is 2.34. The summed E-state index contributed by atoms with van der Waals surface area (Å²) >= 11 is 1.39. The predicted molar refractivity (Wildman–Crippen MR) is 93.0 cm³/mol. The van der Waals surface area contributed by atoms with E-state index in [4.69, 9.17) is 14.2 Å². The summed E-state index contributed by atoms with van der Waals surface area (Å²) in [7, 11) is 0. The van der Waals surface area contributed by atoms with E-state index in [-0.39, 0.29) is 0 Å². The van der Waals surface area contributed by atoms with Crippen molar-refractivity contribution in [2.45, 2.75) is 41.0 Å². The molecule has 0 bridgehead atoms. The molecule has 25 heavy (non-hydrogen) atoms. The third-order valence-electron chi connectivity index (χ3n) is 4.40. The molecule has 2 aliphatic heterocycles. The Labute approximate surface area is 150 Å². The van der Waals surface area contributed by atoms with Crippen LogP contribution in [0.4, 0.5) is 0 Å². The van der Waals surface area contributed by atoms with Crippen LogP contribution in [0.25, 0.3) is 0 Å². The molecule has 6 heteroatoms. The van der Waals surface area contributed by atoms with Crippen LogP contribution in [0.5, 0.6) is 0 Å². The SMILES string of the molecule is OC1C(O)[C@@H](Sc2ccccc2)OC2COC(c3ccccc3)O[C@H]21. The van der Waals surface area contributed by atoms with Crippen LogP contribution in [0, 0.1) is 0 Å². The molecule has 2 N–H and O–H groups in total. The highest BCUT2D eigenvalue weighted by molar-refractivity contribution is 7.99. The minimum absolute atomic E-state index is 0.305. The first-order valence-corrected chi connectivity index (χ1v) is 9.15. The van der Waals surface area contributed by atoms with Crippen molar-refractivity contribution in [1.29, 1.82) is 0 Å². The lowest BCUT2D eigenvalue weighted by atomic mass is 9.99. The van der Waals surface area contributed by atoms with Gasteiger partial charge in [0, 0.05) is 10.5 Å². The zero-order valence-electron chi connectivity index (χ0n) is 13.5. The van der Waals surface area contributed by atoms with Crippen molar-refractivity contribution < 1.29 is 24.4 Å². The van der Waals surface area contributed by atoms with Crippen LogP contribution in [0.3, 0.4) is 0 Å². The van der Waals surface area contributed by atoms with Crippen LogP contribution in [-0.4, -0.2) is 46.7 Å². The number of ether oxygens (including phenoxy) is 3. The Kier molecular flexibility index (Phi) is 5.08. The average Bonchev–Trinajstić information content (AvgIpc) is 2.67. The van der Waals surface area contributed by atoms with Crippen LogP contribution < -0.4 is 0 Å². The Bertz CT molecular complexity index is 681. The maximum absolute atomic E-state index is 10.6. The van der Waals surface area contributed by atoms with Crippen molar-refractivity contribution >= 4 is 11.8 Å². The summed E-state index contributed by atoms with van der Waals surface area (Å²) in [6, 6.07) is 19.2. The summed E-state index contributed by atoms with van der Waals surface area (Å²) in [6.45, 7) is 0.305. The average molecular weight is 360 g/mol. The minimum atomic E-state index is -1.04. The first kappa shape index (κ1) is 17.0. The Morgan fingerprint density at radius 2 is 1.52 bits per heavy atom. The van der Waals surface area contributed by atoms with E-state index in [0.29, 0.717) is 6.61 Å². The van der Waals surface area contributed by atoms with Crippen LogP contribution in [0.15, 0.2) is 65.6 Å². The van der Waals surface area contributed by atoms with Gasteiger partial charge in [0.15, 0.2) is 6.29 Å².